The van der Waals surface area contributed by atoms with Gasteiger partial charge in [-0.1, -0.05) is 0 Å². The Labute approximate surface area is 65.2 Å². The lowest BCUT2D eigenvalue weighted by atomic mass is 9.97. The van der Waals surface area contributed by atoms with Gasteiger partial charge in [0.25, 0.3) is 5.92 Å². The van der Waals surface area contributed by atoms with Crippen LogP contribution in [0.15, 0.2) is 0 Å². The molecule has 2 aliphatic rings. The predicted molar refractivity (Wildman–Crippen MR) is 38.7 cm³/mol. The molecule has 0 amide bonds. The summed E-state index contributed by atoms with van der Waals surface area (Å²) in [6.07, 6.45) is 2.43. The van der Waals surface area contributed by atoms with Crippen LogP contribution in [0.5, 0.6) is 0 Å². The van der Waals surface area contributed by atoms with E-state index in [2.05, 4.69) is 5.32 Å². The summed E-state index contributed by atoms with van der Waals surface area (Å²) in [7, 11) is 0. The third-order valence-electron chi connectivity index (χ3n) is 3.00. The molecular formula is C8H13F2N. The molecule has 0 radical (unpaired) electrons. The van der Waals surface area contributed by atoms with Crippen LogP contribution in [0.2, 0.25) is 0 Å². The van der Waals surface area contributed by atoms with Crippen molar-refractivity contribution in [2.45, 2.75) is 31.6 Å². The molecule has 0 aromatic heterocycles. The Morgan fingerprint density at radius 1 is 1.09 bits per heavy atom. The summed E-state index contributed by atoms with van der Waals surface area (Å²) in [6.45, 7) is 1.69. The van der Waals surface area contributed by atoms with Gasteiger partial charge in [-0.25, -0.2) is 8.78 Å². The van der Waals surface area contributed by atoms with Gasteiger partial charge >= 0.3 is 0 Å². The van der Waals surface area contributed by atoms with Gasteiger partial charge in [-0.05, 0) is 32.4 Å². The summed E-state index contributed by atoms with van der Waals surface area (Å²) in [5, 5.41) is 3.15. The van der Waals surface area contributed by atoms with Crippen LogP contribution >= 0.6 is 0 Å². The van der Waals surface area contributed by atoms with Gasteiger partial charge in [0.1, 0.15) is 0 Å². The smallest absolute Gasteiger partial charge is 0.254 e. The van der Waals surface area contributed by atoms with Crippen molar-refractivity contribution in [1.82, 2.24) is 5.32 Å². The van der Waals surface area contributed by atoms with Crippen LogP contribution in [-0.2, 0) is 0 Å². The molecule has 0 aromatic rings. The quantitative estimate of drug-likeness (QED) is 0.571. The van der Waals surface area contributed by atoms with E-state index in [1.807, 2.05) is 0 Å². The number of hydrogen-bond acceptors (Lipinski definition) is 1. The van der Waals surface area contributed by atoms with Gasteiger partial charge in [-0.2, -0.15) is 0 Å². The van der Waals surface area contributed by atoms with Crippen LogP contribution in [0, 0.1) is 5.41 Å². The molecule has 1 saturated heterocycles. The van der Waals surface area contributed by atoms with E-state index in [0.29, 0.717) is 12.8 Å². The largest absolute Gasteiger partial charge is 0.317 e. The first-order chi connectivity index (χ1) is 5.16. The molecule has 1 aliphatic carbocycles. The van der Waals surface area contributed by atoms with Crippen molar-refractivity contribution in [2.24, 2.45) is 5.41 Å². The third kappa shape index (κ3) is 1.06. The van der Waals surface area contributed by atoms with Crippen LogP contribution in [0.3, 0.4) is 0 Å². The van der Waals surface area contributed by atoms with Gasteiger partial charge in [-0.3, -0.25) is 0 Å². The Balaban J connectivity index is 2.03. The Bertz CT molecular complexity index is 159. The summed E-state index contributed by atoms with van der Waals surface area (Å²) >= 11 is 0. The average Bonchev–Trinajstić information content (AvgIpc) is 2.54. The lowest BCUT2D eigenvalue weighted by molar-refractivity contribution is 0.0588. The van der Waals surface area contributed by atoms with Gasteiger partial charge < -0.3 is 5.32 Å². The van der Waals surface area contributed by atoms with E-state index in [4.69, 9.17) is 0 Å². The fourth-order valence-electron chi connectivity index (χ4n) is 2.05. The molecule has 3 heteroatoms. The molecule has 2 fully saturated rings. The SMILES string of the molecule is FC1(F)CC12CCCNCC2. The minimum atomic E-state index is -2.33. The average molecular weight is 161 g/mol. The number of nitrogens with one attached hydrogen (secondary N) is 1. The second kappa shape index (κ2) is 2.16. The van der Waals surface area contributed by atoms with Crippen LogP contribution in [0.1, 0.15) is 25.7 Å². The standard InChI is InChI=1S/C8H13F2N/c9-8(10)6-7(8)2-1-4-11-5-3-7/h11H,1-6H2. The summed E-state index contributed by atoms with van der Waals surface area (Å²) in [6, 6.07) is 0. The molecule has 1 N–H and O–H groups in total. The number of rotatable bonds is 0. The first-order valence-electron chi connectivity index (χ1n) is 4.25. The third-order valence-corrected chi connectivity index (χ3v) is 3.00. The van der Waals surface area contributed by atoms with E-state index in [1.54, 1.807) is 0 Å². The molecule has 2 rings (SSSR count). The van der Waals surface area contributed by atoms with Crippen molar-refractivity contribution in [3.05, 3.63) is 0 Å². The second-order valence-electron chi connectivity index (χ2n) is 3.77. The molecule has 1 nitrogen and oxygen atoms in total. The van der Waals surface area contributed by atoms with Gasteiger partial charge in [0, 0.05) is 11.8 Å². The molecule has 1 heterocycles. The van der Waals surface area contributed by atoms with Crippen LogP contribution in [-0.4, -0.2) is 19.0 Å². The number of halogens is 2. The van der Waals surface area contributed by atoms with E-state index < -0.39 is 11.3 Å². The molecule has 1 saturated carbocycles. The van der Waals surface area contributed by atoms with Crippen molar-refractivity contribution in [3.63, 3.8) is 0 Å². The zero-order valence-electron chi connectivity index (χ0n) is 6.50. The highest BCUT2D eigenvalue weighted by Gasteiger charge is 2.69. The normalized spacial score (nSPS) is 42.0. The lowest BCUT2D eigenvalue weighted by Crippen LogP contribution is -2.16. The minimum Gasteiger partial charge on any atom is -0.317 e. The molecule has 11 heavy (non-hydrogen) atoms. The second-order valence-corrected chi connectivity index (χ2v) is 3.77. The summed E-state index contributed by atoms with van der Waals surface area (Å²) < 4.78 is 25.7. The van der Waals surface area contributed by atoms with E-state index in [-0.39, 0.29) is 6.42 Å². The van der Waals surface area contributed by atoms with Gasteiger partial charge in [-0.15, -0.1) is 0 Å². The van der Waals surface area contributed by atoms with E-state index in [1.165, 1.54) is 0 Å². The summed E-state index contributed by atoms with van der Waals surface area (Å²) in [4.78, 5) is 0. The highest BCUT2D eigenvalue weighted by molar-refractivity contribution is 5.10. The molecule has 0 aromatic carbocycles. The fraction of sp³-hybridized carbons (Fsp3) is 1.00. The molecule has 1 aliphatic heterocycles. The zero-order chi connectivity index (χ0) is 7.95. The fourth-order valence-corrected chi connectivity index (χ4v) is 2.05. The summed E-state index contributed by atoms with van der Waals surface area (Å²) in [5.41, 5.74) is -0.587. The highest BCUT2D eigenvalue weighted by Crippen LogP contribution is 2.65. The Kier molecular flexibility index (Phi) is 1.46. The first kappa shape index (κ1) is 7.47. The first-order valence-corrected chi connectivity index (χ1v) is 4.25. The maximum Gasteiger partial charge on any atom is 0.254 e. The Morgan fingerprint density at radius 3 is 2.45 bits per heavy atom. The van der Waals surface area contributed by atoms with Gasteiger partial charge in [0.05, 0.1) is 0 Å². The number of hydrogen-bond donors (Lipinski definition) is 1. The van der Waals surface area contributed by atoms with Crippen molar-refractivity contribution in [3.8, 4) is 0 Å². The zero-order valence-corrected chi connectivity index (χ0v) is 6.50. The van der Waals surface area contributed by atoms with Crippen molar-refractivity contribution < 1.29 is 8.78 Å². The predicted octanol–water partition coefficient (Wildman–Crippen LogP) is 1.79. The highest BCUT2D eigenvalue weighted by atomic mass is 19.3. The van der Waals surface area contributed by atoms with Gasteiger partial charge in [0.15, 0.2) is 0 Å². The van der Waals surface area contributed by atoms with E-state index in [0.717, 1.165) is 19.5 Å². The minimum absolute atomic E-state index is 0.141. The lowest BCUT2D eigenvalue weighted by Gasteiger charge is -2.10. The number of alkyl halides is 2. The van der Waals surface area contributed by atoms with Gasteiger partial charge in [0.2, 0.25) is 0 Å². The van der Waals surface area contributed by atoms with Crippen molar-refractivity contribution in [1.29, 1.82) is 0 Å². The van der Waals surface area contributed by atoms with Crippen LogP contribution in [0.4, 0.5) is 8.78 Å². The topological polar surface area (TPSA) is 12.0 Å². The Morgan fingerprint density at radius 2 is 1.82 bits per heavy atom. The molecular weight excluding hydrogens is 148 g/mol. The van der Waals surface area contributed by atoms with Crippen LogP contribution in [0.25, 0.3) is 0 Å². The molecule has 1 spiro atoms. The molecule has 1 atom stereocenters. The van der Waals surface area contributed by atoms with E-state index >= 15 is 0 Å². The van der Waals surface area contributed by atoms with Crippen molar-refractivity contribution in [2.75, 3.05) is 13.1 Å². The van der Waals surface area contributed by atoms with E-state index in [9.17, 15) is 8.78 Å². The van der Waals surface area contributed by atoms with Crippen molar-refractivity contribution >= 4 is 0 Å². The molecule has 1 unspecified atom stereocenters. The molecule has 0 bridgehead atoms. The van der Waals surface area contributed by atoms with Crippen LogP contribution < -0.4 is 5.32 Å². The maximum absolute atomic E-state index is 12.8. The molecule has 64 valence electrons. The summed E-state index contributed by atoms with van der Waals surface area (Å²) in [5.74, 6) is -2.33. The maximum atomic E-state index is 12.8. The Hall–Kier alpha value is -0.180. The monoisotopic (exact) mass is 161 g/mol.